The molecule has 0 amide bonds. The van der Waals surface area contributed by atoms with Crippen LogP contribution in [0.2, 0.25) is 0 Å². The number of nitrogens with two attached hydrogens (primary N) is 1. The number of carbonyl (C=O) groups is 1. The van der Waals surface area contributed by atoms with Gasteiger partial charge in [-0.3, -0.25) is 0 Å². The minimum atomic E-state index is -0.375. The van der Waals surface area contributed by atoms with Gasteiger partial charge in [-0.2, -0.15) is 0 Å². The smallest absolute Gasteiger partial charge is 0.355 e. The Balaban J connectivity index is 1.83. The number of anilines is 1. The van der Waals surface area contributed by atoms with Crippen LogP contribution in [0.3, 0.4) is 0 Å². The van der Waals surface area contributed by atoms with E-state index in [1.54, 1.807) is 13.0 Å². The summed E-state index contributed by atoms with van der Waals surface area (Å²) in [7, 11) is 0. The summed E-state index contributed by atoms with van der Waals surface area (Å²) in [6, 6.07) is 21.2. The van der Waals surface area contributed by atoms with Crippen molar-refractivity contribution in [2.24, 2.45) is 0 Å². The molecule has 0 radical (unpaired) electrons. The first-order chi connectivity index (χ1) is 13.2. The Labute approximate surface area is 157 Å². The minimum absolute atomic E-state index is 0.314. The number of rotatable bonds is 5. The highest BCUT2D eigenvalue weighted by Crippen LogP contribution is 2.31. The van der Waals surface area contributed by atoms with E-state index < -0.39 is 0 Å². The van der Waals surface area contributed by atoms with Crippen molar-refractivity contribution >= 4 is 22.8 Å². The molecule has 4 aromatic rings. The van der Waals surface area contributed by atoms with Gasteiger partial charge in [0.05, 0.1) is 18.7 Å². The third-order valence-electron chi connectivity index (χ3n) is 4.52. The lowest BCUT2D eigenvalue weighted by atomic mass is 10.1. The van der Waals surface area contributed by atoms with E-state index in [1.807, 2.05) is 65.2 Å². The highest BCUT2D eigenvalue weighted by Gasteiger charge is 2.21. The van der Waals surface area contributed by atoms with Gasteiger partial charge in [-0.15, -0.1) is 0 Å². The second-order valence-corrected chi connectivity index (χ2v) is 6.26. The van der Waals surface area contributed by atoms with Gasteiger partial charge in [0, 0.05) is 23.4 Å². The van der Waals surface area contributed by atoms with E-state index in [9.17, 15) is 4.79 Å². The Kier molecular flexibility index (Phi) is 4.42. The molecular formula is C22H20N2O3. The Morgan fingerprint density at radius 2 is 1.81 bits per heavy atom. The molecule has 136 valence electrons. The third kappa shape index (κ3) is 3.19. The molecule has 0 bridgehead atoms. The van der Waals surface area contributed by atoms with Crippen LogP contribution >= 0.6 is 0 Å². The molecule has 4 rings (SSSR count). The second kappa shape index (κ2) is 7.03. The largest absolute Gasteiger partial charge is 0.461 e. The zero-order chi connectivity index (χ0) is 18.8. The Morgan fingerprint density at radius 3 is 2.56 bits per heavy atom. The number of nitrogen functional groups attached to an aromatic ring is 1. The molecule has 2 heterocycles. The van der Waals surface area contributed by atoms with E-state index in [4.69, 9.17) is 14.9 Å². The number of para-hydroxylation sites is 1. The molecule has 0 aliphatic heterocycles. The standard InChI is InChI=1S/C22H20N2O3/c1-2-26-22(25)19-13-21-18(12-20(27-21)15-8-4-3-5-9-15)24(19)14-16-10-6-7-11-17(16)23/h3-13H,2,14,23H2,1H3. The monoisotopic (exact) mass is 360 g/mol. The van der Waals surface area contributed by atoms with Gasteiger partial charge in [-0.1, -0.05) is 48.5 Å². The lowest BCUT2D eigenvalue weighted by molar-refractivity contribution is 0.0515. The fraction of sp³-hybridized carbons (Fsp3) is 0.136. The minimum Gasteiger partial charge on any atom is -0.461 e. The number of nitrogens with zero attached hydrogens (tertiary/aromatic N) is 1. The van der Waals surface area contributed by atoms with Crippen molar-refractivity contribution in [1.82, 2.24) is 4.57 Å². The van der Waals surface area contributed by atoms with E-state index in [0.717, 1.165) is 22.4 Å². The molecule has 2 N–H and O–H groups in total. The molecule has 0 aliphatic rings. The van der Waals surface area contributed by atoms with Gasteiger partial charge in [-0.25, -0.2) is 4.79 Å². The quantitative estimate of drug-likeness (QED) is 0.413. The number of esters is 1. The number of hydrogen-bond acceptors (Lipinski definition) is 4. The van der Waals surface area contributed by atoms with Gasteiger partial charge in [0.15, 0.2) is 5.58 Å². The van der Waals surface area contributed by atoms with Crippen molar-refractivity contribution in [3.63, 3.8) is 0 Å². The molecule has 27 heavy (non-hydrogen) atoms. The summed E-state index contributed by atoms with van der Waals surface area (Å²) in [4.78, 5) is 12.4. The number of aromatic nitrogens is 1. The Bertz CT molecular complexity index is 1090. The molecular weight excluding hydrogens is 340 g/mol. The van der Waals surface area contributed by atoms with E-state index in [0.29, 0.717) is 30.1 Å². The molecule has 0 fully saturated rings. The maximum Gasteiger partial charge on any atom is 0.355 e. The van der Waals surface area contributed by atoms with Gasteiger partial charge < -0.3 is 19.5 Å². The molecule has 0 aliphatic carbocycles. The van der Waals surface area contributed by atoms with E-state index in [2.05, 4.69) is 0 Å². The van der Waals surface area contributed by atoms with Crippen molar-refractivity contribution in [3.8, 4) is 11.3 Å². The molecule has 0 spiro atoms. The average Bonchev–Trinajstić information content (AvgIpc) is 3.24. The molecule has 5 nitrogen and oxygen atoms in total. The van der Waals surface area contributed by atoms with Crippen molar-refractivity contribution in [2.75, 3.05) is 12.3 Å². The molecule has 0 saturated carbocycles. The topological polar surface area (TPSA) is 70.4 Å². The number of carbonyl (C=O) groups excluding carboxylic acids is 1. The van der Waals surface area contributed by atoms with Gasteiger partial charge in [0.2, 0.25) is 0 Å². The van der Waals surface area contributed by atoms with Crippen LogP contribution in [-0.4, -0.2) is 17.1 Å². The number of ether oxygens (including phenoxy) is 1. The van der Waals surface area contributed by atoms with E-state index in [-0.39, 0.29) is 5.97 Å². The van der Waals surface area contributed by atoms with Gasteiger partial charge in [0.1, 0.15) is 11.5 Å². The SMILES string of the molecule is CCOC(=O)c1cc2oc(-c3ccccc3)cc2n1Cc1ccccc1N. The van der Waals surface area contributed by atoms with Crippen LogP contribution in [0.5, 0.6) is 0 Å². The fourth-order valence-corrected chi connectivity index (χ4v) is 3.18. The van der Waals surface area contributed by atoms with Crippen LogP contribution in [-0.2, 0) is 11.3 Å². The molecule has 2 aromatic carbocycles. The van der Waals surface area contributed by atoms with Crippen LogP contribution in [0.25, 0.3) is 22.4 Å². The summed E-state index contributed by atoms with van der Waals surface area (Å²) in [5.74, 6) is 0.380. The summed E-state index contributed by atoms with van der Waals surface area (Å²) in [6.45, 7) is 2.56. The first kappa shape index (κ1) is 17.0. The normalized spacial score (nSPS) is 11.0. The zero-order valence-corrected chi connectivity index (χ0v) is 15.0. The first-order valence-corrected chi connectivity index (χ1v) is 8.86. The van der Waals surface area contributed by atoms with Crippen molar-refractivity contribution < 1.29 is 13.9 Å². The predicted molar refractivity (Wildman–Crippen MR) is 106 cm³/mol. The Morgan fingerprint density at radius 1 is 1.07 bits per heavy atom. The number of fused-ring (bicyclic) bond motifs is 1. The molecule has 0 atom stereocenters. The van der Waals surface area contributed by atoms with Crippen LogP contribution in [0.4, 0.5) is 5.69 Å². The van der Waals surface area contributed by atoms with Crippen molar-refractivity contribution in [3.05, 3.63) is 78.0 Å². The third-order valence-corrected chi connectivity index (χ3v) is 4.52. The first-order valence-electron chi connectivity index (χ1n) is 8.86. The summed E-state index contributed by atoms with van der Waals surface area (Å²) >= 11 is 0. The summed E-state index contributed by atoms with van der Waals surface area (Å²) < 4.78 is 13.1. The summed E-state index contributed by atoms with van der Waals surface area (Å²) in [5.41, 5.74) is 10.6. The number of benzene rings is 2. The molecule has 2 aromatic heterocycles. The number of furan rings is 1. The maximum atomic E-state index is 12.4. The lowest BCUT2D eigenvalue weighted by Gasteiger charge is -2.11. The van der Waals surface area contributed by atoms with Gasteiger partial charge in [-0.05, 0) is 18.6 Å². The van der Waals surface area contributed by atoms with Crippen molar-refractivity contribution in [2.45, 2.75) is 13.5 Å². The Hall–Kier alpha value is -3.47. The van der Waals surface area contributed by atoms with Gasteiger partial charge >= 0.3 is 5.97 Å². The molecule has 5 heteroatoms. The molecule has 0 unspecified atom stereocenters. The highest BCUT2D eigenvalue weighted by molar-refractivity contribution is 5.95. The lowest BCUT2D eigenvalue weighted by Crippen LogP contribution is -2.13. The second-order valence-electron chi connectivity index (χ2n) is 6.26. The zero-order valence-electron chi connectivity index (χ0n) is 15.0. The van der Waals surface area contributed by atoms with E-state index in [1.165, 1.54) is 0 Å². The van der Waals surface area contributed by atoms with Crippen molar-refractivity contribution in [1.29, 1.82) is 0 Å². The van der Waals surface area contributed by atoms with Crippen LogP contribution in [0.1, 0.15) is 23.0 Å². The van der Waals surface area contributed by atoms with Crippen LogP contribution < -0.4 is 5.73 Å². The maximum absolute atomic E-state index is 12.4. The van der Waals surface area contributed by atoms with Gasteiger partial charge in [0.25, 0.3) is 0 Å². The molecule has 0 saturated heterocycles. The predicted octanol–water partition coefficient (Wildman–Crippen LogP) is 4.71. The fourth-order valence-electron chi connectivity index (χ4n) is 3.18. The highest BCUT2D eigenvalue weighted by atomic mass is 16.5. The van der Waals surface area contributed by atoms with E-state index >= 15 is 0 Å². The average molecular weight is 360 g/mol. The number of hydrogen-bond donors (Lipinski definition) is 1. The van der Waals surface area contributed by atoms with Crippen LogP contribution in [0.15, 0.2) is 71.1 Å². The summed E-state index contributed by atoms with van der Waals surface area (Å²) in [5, 5.41) is 0. The van der Waals surface area contributed by atoms with Crippen LogP contribution in [0, 0.1) is 0 Å². The summed E-state index contributed by atoms with van der Waals surface area (Å²) in [6.07, 6.45) is 0.